The predicted molar refractivity (Wildman–Crippen MR) is 212 cm³/mol. The van der Waals surface area contributed by atoms with E-state index in [1.807, 2.05) is 64.4 Å². The van der Waals surface area contributed by atoms with Crippen LogP contribution in [-0.2, 0) is 31.3 Å². The molecule has 3 saturated heterocycles. The van der Waals surface area contributed by atoms with E-state index in [4.69, 9.17) is 9.47 Å². The summed E-state index contributed by atoms with van der Waals surface area (Å²) in [4.78, 5) is 46.0. The number of hydrogen-bond donors (Lipinski definition) is 3. The number of rotatable bonds is 10. The number of carbonyl (C=O) groups is 3. The zero-order valence-corrected chi connectivity index (χ0v) is 33.7. The summed E-state index contributed by atoms with van der Waals surface area (Å²) in [5, 5.41) is 17.7. The van der Waals surface area contributed by atoms with Gasteiger partial charge in [0.25, 0.3) is 5.91 Å². The number of anilines is 2. The molecule has 4 heterocycles. The molecule has 53 heavy (non-hydrogen) atoms. The number of piperidine rings is 1. The highest BCUT2D eigenvalue weighted by Gasteiger charge is 2.66. The summed E-state index contributed by atoms with van der Waals surface area (Å²) in [6.45, 7) is 9.20. The Balaban J connectivity index is 1.24. The van der Waals surface area contributed by atoms with E-state index in [1.165, 1.54) is 5.19 Å². The second kappa shape index (κ2) is 15.3. The fraction of sp³-hybridized carbons (Fsp3) is 0.488. The molecular weight excluding hydrogens is 752 g/mol. The molecule has 0 aliphatic carbocycles. The van der Waals surface area contributed by atoms with E-state index in [0.29, 0.717) is 25.3 Å². The number of ether oxygens (including phenoxy) is 2. The van der Waals surface area contributed by atoms with Crippen molar-refractivity contribution < 1.29 is 29.0 Å². The van der Waals surface area contributed by atoms with Crippen LogP contribution in [0.1, 0.15) is 50.2 Å². The van der Waals surface area contributed by atoms with Crippen LogP contribution in [0.15, 0.2) is 71.2 Å². The molecule has 0 bridgehead atoms. The molecule has 1 unspecified atom stereocenters. The third kappa shape index (κ3) is 6.97. The number of nitrogens with one attached hydrogen (secondary N) is 2. The third-order valence-electron chi connectivity index (χ3n) is 12.3. The Morgan fingerprint density at radius 3 is 2.60 bits per heavy atom. The average molecular weight is 804 g/mol. The number of aliphatic hydroxyl groups excluding tert-OH is 1. The monoisotopic (exact) mass is 802 g/mol. The fourth-order valence-corrected chi connectivity index (χ4v) is 13.9. The molecular formula is C41H51BrN4O6Si. The molecule has 4 aliphatic heterocycles. The zero-order chi connectivity index (χ0) is 37.5. The van der Waals surface area contributed by atoms with Crippen LogP contribution in [0.4, 0.5) is 11.4 Å². The maximum Gasteiger partial charge on any atom is 0.264 e. The van der Waals surface area contributed by atoms with E-state index < -0.39 is 19.8 Å². The Labute approximate surface area is 321 Å². The zero-order valence-electron chi connectivity index (χ0n) is 31.1. The Hall–Kier alpha value is -3.55. The summed E-state index contributed by atoms with van der Waals surface area (Å²) in [5.74, 6) is 0.253. The molecule has 0 saturated carbocycles. The summed E-state index contributed by atoms with van der Waals surface area (Å²) >= 11 is 3.69. The van der Waals surface area contributed by atoms with E-state index >= 15 is 4.79 Å². The van der Waals surface area contributed by atoms with Gasteiger partial charge in [0.05, 0.1) is 58.5 Å². The molecule has 12 heteroatoms. The molecule has 0 aromatic heterocycles. The van der Waals surface area contributed by atoms with Gasteiger partial charge in [-0.2, -0.15) is 0 Å². The number of halogens is 1. The van der Waals surface area contributed by atoms with Gasteiger partial charge in [0.2, 0.25) is 11.8 Å². The van der Waals surface area contributed by atoms with Crippen LogP contribution in [0.2, 0.25) is 18.6 Å². The third-order valence-corrected chi connectivity index (χ3v) is 17.1. The molecule has 3 aromatic carbocycles. The van der Waals surface area contributed by atoms with Crippen molar-refractivity contribution in [1.29, 1.82) is 0 Å². The molecule has 6 atom stereocenters. The van der Waals surface area contributed by atoms with Gasteiger partial charge in [0, 0.05) is 34.7 Å². The summed E-state index contributed by atoms with van der Waals surface area (Å²) in [6, 6.07) is 21.7. The lowest BCUT2D eigenvalue weighted by Gasteiger charge is -2.37. The molecule has 7 rings (SSSR count). The normalized spacial score (nSPS) is 27.0. The highest BCUT2D eigenvalue weighted by Crippen LogP contribution is 2.60. The Morgan fingerprint density at radius 1 is 1.09 bits per heavy atom. The minimum atomic E-state index is -2.46. The molecule has 3 N–H and O–H groups in total. The number of benzene rings is 3. The number of methoxy groups -OCH3 is 1. The summed E-state index contributed by atoms with van der Waals surface area (Å²) < 4.78 is 13.5. The van der Waals surface area contributed by atoms with Gasteiger partial charge >= 0.3 is 0 Å². The van der Waals surface area contributed by atoms with Crippen molar-refractivity contribution in [2.45, 2.75) is 82.0 Å². The SMILES string of the molecule is COc1ccc([Si](C)(C)[C@@H]2[C@@H](CC(=O)N3CCC[C@H]3CO)O[C@]3(C(=O)N(Cc4cccc(NC(=O)C5CCCNC5)c4)c4ccc(Br)cc43)[C@H]2C)cc1. The standard InChI is InChI=1S/C41H51BrN4O6Si/c1-26-38(53(3,4)33-15-13-32(51-2)14-16-33)36(22-37(48)45-19-7-11-31(45)25-47)52-41(26)34-21-29(42)12-17-35(34)46(40(41)50)24-27-8-5-10-30(20-27)44-39(49)28-9-6-18-43-23-28/h5,8,10,12-17,20-21,26,28,31,36,38,43,47H,6-7,9,11,18-19,22-25H2,1-4H3,(H,44,49)/t26-,28?,31-,36+,38-,41+/m0/s1. The number of fused-ring (bicyclic) bond motifs is 2. The van der Waals surface area contributed by atoms with E-state index in [2.05, 4.69) is 58.7 Å². The van der Waals surface area contributed by atoms with E-state index in [1.54, 1.807) is 7.11 Å². The Bertz CT molecular complexity index is 1850. The Morgan fingerprint density at radius 2 is 1.89 bits per heavy atom. The molecule has 3 amide bonds. The lowest BCUT2D eigenvalue weighted by Crippen LogP contribution is -2.52. The summed E-state index contributed by atoms with van der Waals surface area (Å²) in [6.07, 6.45) is 3.08. The smallest absolute Gasteiger partial charge is 0.264 e. The van der Waals surface area contributed by atoms with Crippen LogP contribution in [-0.4, -0.2) is 81.3 Å². The first-order valence-electron chi connectivity index (χ1n) is 18.9. The maximum atomic E-state index is 15.2. The van der Waals surface area contributed by atoms with Gasteiger partial charge in [-0.1, -0.05) is 65.4 Å². The number of carbonyl (C=O) groups excluding carboxylic acids is 3. The van der Waals surface area contributed by atoms with Crippen LogP contribution in [0.3, 0.4) is 0 Å². The second-order valence-corrected chi connectivity index (χ2v) is 21.3. The van der Waals surface area contributed by atoms with Gasteiger partial charge in [-0.25, -0.2) is 0 Å². The quantitative estimate of drug-likeness (QED) is 0.231. The minimum absolute atomic E-state index is 0.00319. The van der Waals surface area contributed by atoms with Gasteiger partial charge in [0.15, 0.2) is 5.60 Å². The predicted octanol–water partition coefficient (Wildman–Crippen LogP) is 5.53. The first-order valence-corrected chi connectivity index (χ1v) is 22.8. The molecule has 0 radical (unpaired) electrons. The molecule has 282 valence electrons. The van der Waals surface area contributed by atoms with Crippen LogP contribution >= 0.6 is 15.9 Å². The molecule has 1 spiro atoms. The number of likely N-dealkylation sites (tertiary alicyclic amines) is 1. The number of nitrogens with zero attached hydrogens (tertiary/aromatic N) is 2. The highest BCUT2D eigenvalue weighted by atomic mass is 79.9. The first kappa shape index (κ1) is 37.7. The number of amides is 3. The van der Waals surface area contributed by atoms with Crippen molar-refractivity contribution in [2.24, 2.45) is 11.8 Å². The average Bonchev–Trinajstić information content (AvgIpc) is 3.82. The summed E-state index contributed by atoms with van der Waals surface area (Å²) in [5.41, 5.74) is 1.75. The van der Waals surface area contributed by atoms with Crippen LogP contribution in [0.5, 0.6) is 5.75 Å². The topological polar surface area (TPSA) is 120 Å². The van der Waals surface area contributed by atoms with Gasteiger partial charge < -0.3 is 35.0 Å². The fourth-order valence-electron chi connectivity index (χ4n) is 9.54. The molecule has 3 fully saturated rings. The van der Waals surface area contributed by atoms with Crippen molar-refractivity contribution in [1.82, 2.24) is 10.2 Å². The lowest BCUT2D eigenvalue weighted by molar-refractivity contribution is -0.150. The Kier molecular flexibility index (Phi) is 10.9. The molecule has 4 aliphatic rings. The number of aliphatic hydroxyl groups is 1. The van der Waals surface area contributed by atoms with E-state index in [-0.39, 0.29) is 54.2 Å². The van der Waals surface area contributed by atoms with Gasteiger partial charge in [-0.05, 0) is 85.8 Å². The maximum absolute atomic E-state index is 15.2. The first-order chi connectivity index (χ1) is 25.5. The van der Waals surface area contributed by atoms with Crippen LogP contribution in [0, 0.1) is 11.8 Å². The van der Waals surface area contributed by atoms with Crippen molar-refractivity contribution >= 4 is 58.3 Å². The van der Waals surface area contributed by atoms with Gasteiger partial charge in [-0.15, -0.1) is 0 Å². The van der Waals surface area contributed by atoms with E-state index in [0.717, 1.165) is 59.3 Å². The van der Waals surface area contributed by atoms with Crippen molar-refractivity contribution in [2.75, 3.05) is 43.6 Å². The second-order valence-electron chi connectivity index (χ2n) is 15.7. The minimum Gasteiger partial charge on any atom is -0.497 e. The molecule has 10 nitrogen and oxygen atoms in total. The lowest BCUT2D eigenvalue weighted by atomic mass is 9.82. The van der Waals surface area contributed by atoms with Crippen molar-refractivity contribution in [3.05, 3.63) is 82.3 Å². The number of hydrogen-bond acceptors (Lipinski definition) is 7. The highest BCUT2D eigenvalue weighted by molar-refractivity contribution is 9.10. The van der Waals surface area contributed by atoms with Crippen molar-refractivity contribution in [3.8, 4) is 5.75 Å². The van der Waals surface area contributed by atoms with E-state index in [9.17, 15) is 14.7 Å². The summed E-state index contributed by atoms with van der Waals surface area (Å²) in [7, 11) is -0.804. The van der Waals surface area contributed by atoms with Crippen molar-refractivity contribution in [3.63, 3.8) is 0 Å². The van der Waals surface area contributed by atoms with Gasteiger partial charge in [0.1, 0.15) is 5.75 Å². The largest absolute Gasteiger partial charge is 0.497 e. The molecule has 3 aromatic rings. The van der Waals surface area contributed by atoms with Gasteiger partial charge in [-0.3, -0.25) is 14.4 Å². The van der Waals surface area contributed by atoms with Crippen LogP contribution in [0.25, 0.3) is 0 Å². The van der Waals surface area contributed by atoms with Crippen LogP contribution < -0.4 is 25.5 Å².